The van der Waals surface area contributed by atoms with Crippen LogP contribution in [0.3, 0.4) is 0 Å². The van der Waals surface area contributed by atoms with E-state index in [9.17, 15) is 10.2 Å². The van der Waals surface area contributed by atoms with Gasteiger partial charge in [0.2, 0.25) is 0 Å². The highest BCUT2D eigenvalue weighted by molar-refractivity contribution is 5.64. The molecule has 0 spiro atoms. The van der Waals surface area contributed by atoms with Gasteiger partial charge in [-0.15, -0.1) is 10.2 Å². The SMILES string of the molecule is CCCCCCOc1c(O)cccc1CC.CCCCCCOc1c(O)cccc1CC.COc1cnnnc1-c1ccccc1. The van der Waals surface area contributed by atoms with Crippen LogP contribution in [0.1, 0.15) is 90.2 Å². The normalized spacial score (nSPS) is 10.2. The standard InChI is InChI=1S/2C14H22O2.C10H9N3O/c2*1-3-5-6-7-11-16-14-12(4-2)9-8-10-13(14)15;1-14-9-7-11-13-12-10(9)8-5-3-2-4-6-8/h2*8-10,15H,3-7,11H2,1-2H3;2-7H,1H3. The van der Waals surface area contributed by atoms with Gasteiger partial charge in [-0.25, -0.2) is 0 Å². The zero-order valence-corrected chi connectivity index (χ0v) is 28.4. The van der Waals surface area contributed by atoms with Crippen molar-refractivity contribution in [3.63, 3.8) is 0 Å². The molecule has 0 radical (unpaired) electrons. The molecule has 250 valence electrons. The molecule has 0 saturated heterocycles. The summed E-state index contributed by atoms with van der Waals surface area (Å²) in [5.41, 5.74) is 3.84. The summed E-state index contributed by atoms with van der Waals surface area (Å²) in [5.74, 6) is 2.49. The second-order valence-electron chi connectivity index (χ2n) is 10.8. The fourth-order valence-corrected chi connectivity index (χ4v) is 4.64. The lowest BCUT2D eigenvalue weighted by Gasteiger charge is -2.11. The average Bonchev–Trinajstić information content (AvgIpc) is 3.10. The molecule has 1 aromatic heterocycles. The van der Waals surface area contributed by atoms with Crippen LogP contribution in [-0.2, 0) is 12.8 Å². The molecular formula is C38H53N3O5. The van der Waals surface area contributed by atoms with Crippen molar-refractivity contribution in [2.75, 3.05) is 20.3 Å². The number of methoxy groups -OCH3 is 1. The van der Waals surface area contributed by atoms with E-state index in [1.54, 1.807) is 25.4 Å². The number of hydrogen-bond donors (Lipinski definition) is 2. The molecule has 2 N–H and O–H groups in total. The number of phenolic OH excluding ortho intramolecular Hbond substituents is 2. The van der Waals surface area contributed by atoms with Crippen LogP contribution in [0, 0.1) is 0 Å². The fraction of sp³-hybridized carbons (Fsp3) is 0.447. The molecule has 4 aromatic rings. The summed E-state index contributed by atoms with van der Waals surface area (Å²) in [5, 5.41) is 30.6. The Morgan fingerprint density at radius 3 is 1.59 bits per heavy atom. The van der Waals surface area contributed by atoms with Gasteiger partial charge in [0.05, 0.1) is 26.5 Å². The van der Waals surface area contributed by atoms with Gasteiger partial charge >= 0.3 is 0 Å². The smallest absolute Gasteiger partial charge is 0.167 e. The first-order valence-corrected chi connectivity index (χ1v) is 16.6. The number of hydrogen-bond acceptors (Lipinski definition) is 8. The Hall–Kier alpha value is -4.33. The number of aromatic nitrogens is 3. The number of nitrogens with zero attached hydrogens (tertiary/aromatic N) is 3. The quantitative estimate of drug-likeness (QED) is 0.118. The predicted molar refractivity (Wildman–Crippen MR) is 186 cm³/mol. The van der Waals surface area contributed by atoms with E-state index in [4.69, 9.17) is 14.2 Å². The number of ether oxygens (including phenoxy) is 3. The number of benzene rings is 3. The van der Waals surface area contributed by atoms with Gasteiger partial charge in [-0.2, -0.15) is 0 Å². The summed E-state index contributed by atoms with van der Waals surface area (Å²) >= 11 is 0. The maximum absolute atomic E-state index is 9.70. The molecule has 1 heterocycles. The third-order valence-electron chi connectivity index (χ3n) is 7.27. The monoisotopic (exact) mass is 631 g/mol. The number of aromatic hydroxyl groups is 2. The lowest BCUT2D eigenvalue weighted by atomic mass is 10.1. The highest BCUT2D eigenvalue weighted by Gasteiger charge is 2.09. The molecule has 46 heavy (non-hydrogen) atoms. The summed E-state index contributed by atoms with van der Waals surface area (Å²) < 4.78 is 16.4. The summed E-state index contributed by atoms with van der Waals surface area (Å²) in [4.78, 5) is 0. The van der Waals surface area contributed by atoms with Crippen molar-refractivity contribution in [3.05, 3.63) is 84.1 Å². The minimum Gasteiger partial charge on any atom is -0.504 e. The second-order valence-corrected chi connectivity index (χ2v) is 10.8. The molecule has 0 aliphatic carbocycles. The molecule has 0 aliphatic rings. The molecule has 3 aromatic carbocycles. The van der Waals surface area contributed by atoms with Crippen molar-refractivity contribution in [1.82, 2.24) is 15.4 Å². The Bertz CT molecular complexity index is 1300. The van der Waals surface area contributed by atoms with Crippen LogP contribution in [0.4, 0.5) is 0 Å². The molecule has 0 fully saturated rings. The molecular weight excluding hydrogens is 578 g/mol. The minimum absolute atomic E-state index is 0.259. The zero-order valence-electron chi connectivity index (χ0n) is 28.4. The topological polar surface area (TPSA) is 107 Å². The highest BCUT2D eigenvalue weighted by Crippen LogP contribution is 2.31. The van der Waals surface area contributed by atoms with E-state index in [2.05, 4.69) is 43.1 Å². The summed E-state index contributed by atoms with van der Waals surface area (Å²) in [6.07, 6.45) is 12.8. The van der Waals surface area contributed by atoms with Crippen LogP contribution >= 0.6 is 0 Å². The summed E-state index contributed by atoms with van der Waals surface area (Å²) in [6, 6.07) is 20.8. The van der Waals surface area contributed by atoms with E-state index < -0.39 is 0 Å². The number of aryl methyl sites for hydroxylation is 2. The number of para-hydroxylation sites is 2. The lowest BCUT2D eigenvalue weighted by molar-refractivity contribution is 0.286. The van der Waals surface area contributed by atoms with Crippen molar-refractivity contribution in [2.45, 2.75) is 91.9 Å². The number of unbranched alkanes of at least 4 members (excludes halogenated alkanes) is 6. The van der Waals surface area contributed by atoms with Crippen LogP contribution in [0.5, 0.6) is 28.7 Å². The van der Waals surface area contributed by atoms with E-state index in [-0.39, 0.29) is 11.5 Å². The number of rotatable bonds is 16. The first-order chi connectivity index (χ1) is 22.5. The van der Waals surface area contributed by atoms with Gasteiger partial charge < -0.3 is 24.4 Å². The largest absolute Gasteiger partial charge is 0.504 e. The Labute approximate surface area is 275 Å². The van der Waals surface area contributed by atoms with Gasteiger partial charge in [0.25, 0.3) is 0 Å². The molecule has 0 atom stereocenters. The minimum atomic E-state index is 0.259. The van der Waals surface area contributed by atoms with Gasteiger partial charge in [-0.05, 0) is 54.2 Å². The van der Waals surface area contributed by atoms with Crippen LogP contribution in [-0.4, -0.2) is 45.9 Å². The summed E-state index contributed by atoms with van der Waals surface area (Å²) in [7, 11) is 1.59. The molecule has 0 amide bonds. The van der Waals surface area contributed by atoms with Crippen LogP contribution < -0.4 is 14.2 Å². The molecule has 0 saturated carbocycles. The Kier molecular flexibility index (Phi) is 19.0. The Balaban J connectivity index is 0.000000241. The first kappa shape index (κ1) is 37.9. The van der Waals surface area contributed by atoms with Crippen molar-refractivity contribution < 1.29 is 24.4 Å². The molecule has 0 bridgehead atoms. The third-order valence-corrected chi connectivity index (χ3v) is 7.27. The van der Waals surface area contributed by atoms with Crippen LogP contribution in [0.25, 0.3) is 11.3 Å². The van der Waals surface area contributed by atoms with Crippen LogP contribution in [0.2, 0.25) is 0 Å². The van der Waals surface area contributed by atoms with Gasteiger partial charge in [-0.3, -0.25) is 0 Å². The fourth-order valence-electron chi connectivity index (χ4n) is 4.64. The van der Waals surface area contributed by atoms with E-state index in [1.165, 1.54) is 38.5 Å². The average molecular weight is 632 g/mol. The number of phenols is 2. The molecule has 0 unspecified atom stereocenters. The highest BCUT2D eigenvalue weighted by atomic mass is 16.5. The maximum Gasteiger partial charge on any atom is 0.167 e. The van der Waals surface area contributed by atoms with Crippen LogP contribution in [0.15, 0.2) is 72.9 Å². The van der Waals surface area contributed by atoms with E-state index in [0.717, 1.165) is 42.4 Å². The van der Waals surface area contributed by atoms with E-state index >= 15 is 0 Å². The first-order valence-electron chi connectivity index (χ1n) is 16.6. The Morgan fingerprint density at radius 2 is 1.13 bits per heavy atom. The Morgan fingerprint density at radius 1 is 0.609 bits per heavy atom. The van der Waals surface area contributed by atoms with Crippen molar-refractivity contribution in [3.8, 4) is 40.0 Å². The van der Waals surface area contributed by atoms with Crippen molar-refractivity contribution in [1.29, 1.82) is 0 Å². The third kappa shape index (κ3) is 13.3. The van der Waals surface area contributed by atoms with Gasteiger partial charge in [0, 0.05) is 5.56 Å². The van der Waals surface area contributed by atoms with E-state index in [1.807, 2.05) is 54.6 Å². The second kappa shape index (κ2) is 23.1. The van der Waals surface area contributed by atoms with Gasteiger partial charge in [0.1, 0.15) is 5.69 Å². The van der Waals surface area contributed by atoms with Gasteiger partial charge in [0.15, 0.2) is 28.7 Å². The van der Waals surface area contributed by atoms with Crippen molar-refractivity contribution >= 4 is 0 Å². The summed E-state index contributed by atoms with van der Waals surface area (Å²) in [6.45, 7) is 9.92. The van der Waals surface area contributed by atoms with Gasteiger partial charge in [-0.1, -0.05) is 121 Å². The lowest BCUT2D eigenvalue weighted by Crippen LogP contribution is -2.00. The molecule has 8 nitrogen and oxygen atoms in total. The molecule has 4 rings (SSSR count). The van der Waals surface area contributed by atoms with Crippen molar-refractivity contribution in [2.24, 2.45) is 0 Å². The zero-order chi connectivity index (χ0) is 33.4. The molecule has 0 aliphatic heterocycles. The van der Waals surface area contributed by atoms with E-state index in [0.29, 0.717) is 36.2 Å². The maximum atomic E-state index is 9.70. The molecule has 8 heteroatoms. The predicted octanol–water partition coefficient (Wildman–Crippen LogP) is 9.37.